The van der Waals surface area contributed by atoms with Gasteiger partial charge < -0.3 is 4.90 Å². The van der Waals surface area contributed by atoms with Gasteiger partial charge in [0.25, 0.3) is 5.91 Å². The number of carbonyl (C=O) groups is 1. The van der Waals surface area contributed by atoms with Gasteiger partial charge in [0.1, 0.15) is 9.93 Å². The van der Waals surface area contributed by atoms with Gasteiger partial charge in [-0.05, 0) is 61.0 Å². The Hall–Kier alpha value is -2.38. The number of anilines is 1. The molecule has 8 heteroatoms. The zero-order valence-corrected chi connectivity index (χ0v) is 21.5. The molecule has 5 rings (SSSR count). The van der Waals surface area contributed by atoms with Crippen molar-refractivity contribution in [1.82, 2.24) is 4.90 Å². The van der Waals surface area contributed by atoms with E-state index in [0.29, 0.717) is 32.4 Å². The molecule has 1 fully saturated rings. The first-order chi connectivity index (χ1) is 16.5. The first-order valence-corrected chi connectivity index (χ1v) is 13.3. The molecular weight excluding hydrogens is 505 g/mol. The summed E-state index contributed by atoms with van der Waals surface area (Å²) in [4.78, 5) is 24.2. The van der Waals surface area contributed by atoms with Crippen molar-refractivity contribution in [3.63, 3.8) is 0 Å². The second kappa shape index (κ2) is 10.1. The predicted molar refractivity (Wildman–Crippen MR) is 145 cm³/mol. The first-order valence-electron chi connectivity index (χ1n) is 10.9. The number of para-hydroxylation sites is 1. The molecule has 0 N–H and O–H groups in total. The smallest absolute Gasteiger partial charge is 0.269 e. The third-order valence-electron chi connectivity index (χ3n) is 5.57. The zero-order valence-electron chi connectivity index (χ0n) is 18.4. The van der Waals surface area contributed by atoms with E-state index in [4.69, 9.17) is 28.2 Å². The summed E-state index contributed by atoms with van der Waals surface area (Å²) in [7, 11) is 0. The number of hydrogen-bond acceptors (Lipinski definition) is 5. The third-order valence-corrected chi connectivity index (χ3v) is 8.51. The summed E-state index contributed by atoms with van der Waals surface area (Å²) in [6, 6.07) is 23.4. The van der Waals surface area contributed by atoms with Gasteiger partial charge in [0.15, 0.2) is 5.17 Å². The number of nitrogens with zero attached hydrogens (tertiary/aromatic N) is 3. The van der Waals surface area contributed by atoms with Gasteiger partial charge in [-0.3, -0.25) is 9.69 Å². The van der Waals surface area contributed by atoms with Crippen LogP contribution in [0.5, 0.6) is 0 Å². The van der Waals surface area contributed by atoms with Crippen molar-refractivity contribution >= 4 is 69.2 Å². The molecule has 0 atom stereocenters. The molecule has 34 heavy (non-hydrogen) atoms. The Morgan fingerprint density at radius 2 is 1.68 bits per heavy atom. The van der Waals surface area contributed by atoms with Gasteiger partial charge in [-0.1, -0.05) is 77.4 Å². The monoisotopic (exact) mass is 525 g/mol. The van der Waals surface area contributed by atoms with Crippen LogP contribution in [-0.2, 0) is 11.2 Å². The molecule has 2 heterocycles. The summed E-state index contributed by atoms with van der Waals surface area (Å²) >= 11 is 15.7. The largest absolute Gasteiger partial charge is 0.334 e. The van der Waals surface area contributed by atoms with Crippen molar-refractivity contribution < 1.29 is 4.79 Å². The number of amides is 1. The van der Waals surface area contributed by atoms with E-state index in [0.717, 1.165) is 28.6 Å². The van der Waals surface area contributed by atoms with Crippen LogP contribution in [-0.4, -0.2) is 29.1 Å². The molecule has 0 aliphatic carbocycles. The Bertz CT molecular complexity index is 1310. The summed E-state index contributed by atoms with van der Waals surface area (Å²) in [5.41, 5.74) is 2.85. The van der Waals surface area contributed by atoms with Crippen LogP contribution < -0.4 is 4.90 Å². The highest BCUT2D eigenvalue weighted by molar-refractivity contribution is 8.19. The number of hydrogen-bond donors (Lipinski definition) is 0. The second-order valence-corrected chi connectivity index (χ2v) is 10.6. The molecule has 0 radical (unpaired) electrons. The van der Waals surface area contributed by atoms with E-state index < -0.39 is 0 Å². The van der Waals surface area contributed by atoms with Gasteiger partial charge >= 0.3 is 0 Å². The number of aliphatic imine (C=N–C) groups is 1. The van der Waals surface area contributed by atoms with Crippen molar-refractivity contribution in [3.05, 3.63) is 98.3 Å². The molecule has 1 amide bonds. The molecule has 0 unspecified atom stereocenters. The fourth-order valence-electron chi connectivity index (χ4n) is 3.89. The Morgan fingerprint density at radius 1 is 0.912 bits per heavy atom. The minimum absolute atomic E-state index is 0.0356. The average molecular weight is 527 g/mol. The first kappa shape index (κ1) is 23.4. The van der Waals surface area contributed by atoms with Crippen LogP contribution in [0.25, 0.3) is 0 Å². The molecule has 4 nitrogen and oxygen atoms in total. The van der Waals surface area contributed by atoms with Crippen LogP contribution in [0.1, 0.15) is 12.5 Å². The SMILES string of the molecule is CCN1C(=C2SC(=Nc3ccccc3Cl)N(CCc3ccccc3)C2=O)Sc2ccc(Cl)cc21. The molecule has 172 valence electrons. The van der Waals surface area contributed by atoms with Gasteiger partial charge in [0.2, 0.25) is 0 Å². The molecule has 3 aromatic rings. The van der Waals surface area contributed by atoms with Crippen LogP contribution in [0.4, 0.5) is 11.4 Å². The van der Waals surface area contributed by atoms with Gasteiger partial charge in [-0.15, -0.1) is 0 Å². The average Bonchev–Trinajstić information content (AvgIpc) is 3.36. The van der Waals surface area contributed by atoms with Crippen molar-refractivity contribution in [2.45, 2.75) is 18.2 Å². The highest BCUT2D eigenvalue weighted by atomic mass is 35.5. The fourth-order valence-corrected chi connectivity index (χ4v) is 6.62. The van der Waals surface area contributed by atoms with Gasteiger partial charge in [-0.2, -0.15) is 0 Å². The normalized spacial score (nSPS) is 18.8. The van der Waals surface area contributed by atoms with Gasteiger partial charge in [0, 0.05) is 23.0 Å². The van der Waals surface area contributed by atoms with Crippen LogP contribution in [0, 0.1) is 0 Å². The molecule has 2 aliphatic heterocycles. The molecule has 0 aromatic heterocycles. The number of amidine groups is 1. The Morgan fingerprint density at radius 3 is 2.44 bits per heavy atom. The van der Waals surface area contributed by atoms with E-state index in [-0.39, 0.29) is 5.91 Å². The number of benzene rings is 3. The Kier molecular flexibility index (Phi) is 6.93. The van der Waals surface area contributed by atoms with Crippen molar-refractivity contribution in [2.75, 3.05) is 18.0 Å². The van der Waals surface area contributed by atoms with Crippen molar-refractivity contribution in [3.8, 4) is 0 Å². The predicted octanol–water partition coefficient (Wildman–Crippen LogP) is 7.60. The van der Waals surface area contributed by atoms with E-state index in [1.807, 2.05) is 60.7 Å². The van der Waals surface area contributed by atoms with E-state index in [1.165, 1.54) is 17.3 Å². The fraction of sp³-hybridized carbons (Fsp3) is 0.154. The molecule has 0 bridgehead atoms. The van der Waals surface area contributed by atoms with E-state index in [9.17, 15) is 4.79 Å². The quantitative estimate of drug-likeness (QED) is 0.321. The highest BCUT2D eigenvalue weighted by Gasteiger charge is 2.39. The van der Waals surface area contributed by atoms with Crippen LogP contribution in [0.3, 0.4) is 0 Å². The lowest BCUT2D eigenvalue weighted by molar-refractivity contribution is -0.122. The van der Waals surface area contributed by atoms with Crippen molar-refractivity contribution in [1.29, 1.82) is 0 Å². The third kappa shape index (κ3) is 4.60. The molecule has 0 spiro atoms. The number of halogens is 2. The highest BCUT2D eigenvalue weighted by Crippen LogP contribution is 2.51. The summed E-state index contributed by atoms with van der Waals surface area (Å²) < 4.78 is 0. The molecule has 3 aromatic carbocycles. The van der Waals surface area contributed by atoms with Gasteiger partial charge in [-0.25, -0.2) is 4.99 Å². The lowest BCUT2D eigenvalue weighted by atomic mass is 10.1. The van der Waals surface area contributed by atoms with E-state index >= 15 is 0 Å². The van der Waals surface area contributed by atoms with Crippen LogP contribution in [0.15, 0.2) is 92.6 Å². The lowest BCUT2D eigenvalue weighted by Crippen LogP contribution is -2.32. The minimum atomic E-state index is -0.0356. The van der Waals surface area contributed by atoms with Crippen LogP contribution >= 0.6 is 46.7 Å². The molecule has 2 aliphatic rings. The van der Waals surface area contributed by atoms with Crippen molar-refractivity contribution in [2.24, 2.45) is 4.99 Å². The van der Waals surface area contributed by atoms with E-state index in [1.54, 1.807) is 16.7 Å². The molecule has 0 saturated carbocycles. The number of thioether (sulfide) groups is 2. The standard InChI is InChI=1S/C26H21Cl2N3OS2/c1-2-30-21-16-18(27)12-13-22(21)33-25(30)23-24(32)31(15-14-17-8-4-3-5-9-17)26(34-23)29-20-11-7-6-10-19(20)28/h3-13,16H,2,14-15H2,1H3. The Balaban J connectivity index is 1.53. The van der Waals surface area contributed by atoms with Gasteiger partial charge in [0.05, 0.1) is 16.4 Å². The molecule has 1 saturated heterocycles. The maximum atomic E-state index is 13.7. The zero-order chi connectivity index (χ0) is 23.7. The summed E-state index contributed by atoms with van der Waals surface area (Å²) in [6.07, 6.45) is 0.734. The Labute approximate surface area is 217 Å². The minimum Gasteiger partial charge on any atom is -0.334 e. The maximum Gasteiger partial charge on any atom is 0.269 e. The molecular formula is C26H21Cl2N3OS2. The lowest BCUT2D eigenvalue weighted by Gasteiger charge is -2.19. The number of fused-ring (bicyclic) bond motifs is 1. The second-order valence-electron chi connectivity index (χ2n) is 7.73. The summed E-state index contributed by atoms with van der Waals surface area (Å²) in [5.74, 6) is -0.0356. The summed E-state index contributed by atoms with van der Waals surface area (Å²) in [6.45, 7) is 3.34. The number of rotatable bonds is 5. The summed E-state index contributed by atoms with van der Waals surface area (Å²) in [5, 5.41) is 2.80. The number of carbonyl (C=O) groups excluding carboxylic acids is 1. The van der Waals surface area contributed by atoms with Crippen LogP contribution in [0.2, 0.25) is 10.0 Å². The topological polar surface area (TPSA) is 35.9 Å². The van der Waals surface area contributed by atoms with E-state index in [2.05, 4.69) is 24.0 Å². The maximum absolute atomic E-state index is 13.7.